The molecule has 5 nitrogen and oxygen atoms in total. The number of carbonyl (C=O) groups excluding carboxylic acids is 1. The van der Waals surface area contributed by atoms with E-state index < -0.39 is 0 Å². The highest BCUT2D eigenvalue weighted by Gasteiger charge is 2.30. The maximum absolute atomic E-state index is 12.9. The van der Waals surface area contributed by atoms with Crippen LogP contribution in [0.15, 0.2) is 24.3 Å². The van der Waals surface area contributed by atoms with Crippen molar-refractivity contribution in [2.75, 3.05) is 45.2 Å². The number of amides is 1. The van der Waals surface area contributed by atoms with E-state index in [2.05, 4.69) is 4.90 Å². The summed E-state index contributed by atoms with van der Waals surface area (Å²) in [6.07, 6.45) is 3.84. The topological polar surface area (TPSA) is 47.0 Å². The standard InChI is InChI=1S/C19H29N3O2/c1-20(2)18-8-4-3-7-17(18)19(24)21-12-9-15(10-13-21)22-11-5-6-16(23)14-22/h3-4,7-8,15-16,23H,5-6,9-14H2,1-2H3. The molecule has 2 fully saturated rings. The number of anilines is 1. The molecule has 3 rings (SSSR count). The molecule has 1 unspecified atom stereocenters. The van der Waals surface area contributed by atoms with Crippen LogP contribution in [-0.4, -0.2) is 73.2 Å². The normalized spacial score (nSPS) is 23.3. The van der Waals surface area contributed by atoms with E-state index in [0.717, 1.165) is 63.1 Å². The fourth-order valence-corrected chi connectivity index (χ4v) is 3.96. The first-order valence-corrected chi connectivity index (χ1v) is 9.04. The number of para-hydroxylation sites is 1. The van der Waals surface area contributed by atoms with Gasteiger partial charge in [0.05, 0.1) is 11.7 Å². The van der Waals surface area contributed by atoms with E-state index in [1.165, 1.54) is 0 Å². The van der Waals surface area contributed by atoms with Gasteiger partial charge in [0.15, 0.2) is 0 Å². The molecule has 2 saturated heterocycles. The van der Waals surface area contributed by atoms with E-state index in [9.17, 15) is 9.90 Å². The molecule has 0 aliphatic carbocycles. The van der Waals surface area contributed by atoms with Crippen LogP contribution in [0, 0.1) is 0 Å². The number of β-amino-alcohol motifs (C(OH)–C–C–N with tert-alkyl or cyclic N) is 1. The van der Waals surface area contributed by atoms with Gasteiger partial charge in [-0.2, -0.15) is 0 Å². The second-order valence-electron chi connectivity index (χ2n) is 7.23. The second-order valence-corrected chi connectivity index (χ2v) is 7.23. The van der Waals surface area contributed by atoms with Crippen molar-refractivity contribution < 1.29 is 9.90 Å². The molecule has 24 heavy (non-hydrogen) atoms. The molecule has 1 atom stereocenters. The van der Waals surface area contributed by atoms with Crippen LogP contribution < -0.4 is 4.90 Å². The Morgan fingerprint density at radius 3 is 2.50 bits per heavy atom. The molecular weight excluding hydrogens is 302 g/mol. The summed E-state index contributed by atoms with van der Waals surface area (Å²) in [5.74, 6) is 0.136. The van der Waals surface area contributed by atoms with Crippen molar-refractivity contribution in [2.24, 2.45) is 0 Å². The van der Waals surface area contributed by atoms with Gasteiger partial charge in [0, 0.05) is 45.5 Å². The van der Waals surface area contributed by atoms with Crippen LogP contribution in [0.25, 0.3) is 0 Å². The van der Waals surface area contributed by atoms with Crippen LogP contribution in [-0.2, 0) is 0 Å². The molecule has 0 spiro atoms. The predicted molar refractivity (Wildman–Crippen MR) is 96.5 cm³/mol. The van der Waals surface area contributed by atoms with Crippen LogP contribution in [0.1, 0.15) is 36.0 Å². The number of aliphatic hydroxyl groups is 1. The number of benzene rings is 1. The van der Waals surface area contributed by atoms with Gasteiger partial charge < -0.3 is 14.9 Å². The van der Waals surface area contributed by atoms with Gasteiger partial charge in [-0.05, 0) is 44.4 Å². The van der Waals surface area contributed by atoms with Crippen LogP contribution in [0.4, 0.5) is 5.69 Å². The number of aliphatic hydroxyl groups excluding tert-OH is 1. The van der Waals surface area contributed by atoms with Crippen molar-refractivity contribution >= 4 is 11.6 Å². The maximum Gasteiger partial charge on any atom is 0.255 e. The number of piperidine rings is 2. The molecule has 2 aliphatic heterocycles. The lowest BCUT2D eigenvalue weighted by Gasteiger charge is -2.41. The lowest BCUT2D eigenvalue weighted by Crippen LogP contribution is -2.50. The Kier molecular flexibility index (Phi) is 5.41. The van der Waals surface area contributed by atoms with Crippen molar-refractivity contribution in [3.8, 4) is 0 Å². The molecule has 132 valence electrons. The van der Waals surface area contributed by atoms with E-state index in [-0.39, 0.29) is 12.0 Å². The Morgan fingerprint density at radius 1 is 1.12 bits per heavy atom. The van der Waals surface area contributed by atoms with Crippen molar-refractivity contribution in [1.82, 2.24) is 9.80 Å². The lowest BCUT2D eigenvalue weighted by atomic mass is 9.98. The monoisotopic (exact) mass is 331 g/mol. The summed E-state index contributed by atoms with van der Waals surface area (Å²) in [5.41, 5.74) is 1.76. The van der Waals surface area contributed by atoms with E-state index in [1.807, 2.05) is 48.2 Å². The van der Waals surface area contributed by atoms with Gasteiger partial charge in [-0.3, -0.25) is 9.69 Å². The minimum absolute atomic E-state index is 0.136. The van der Waals surface area contributed by atoms with E-state index >= 15 is 0 Å². The lowest BCUT2D eigenvalue weighted by molar-refractivity contribution is 0.0241. The number of nitrogens with zero attached hydrogens (tertiary/aromatic N) is 3. The number of hydrogen-bond donors (Lipinski definition) is 1. The first kappa shape index (κ1) is 17.2. The van der Waals surface area contributed by atoms with Crippen molar-refractivity contribution in [3.63, 3.8) is 0 Å². The zero-order chi connectivity index (χ0) is 17.1. The number of rotatable bonds is 3. The molecule has 1 N–H and O–H groups in total. The van der Waals surface area contributed by atoms with Crippen LogP contribution >= 0.6 is 0 Å². The summed E-state index contributed by atoms with van der Waals surface area (Å²) in [7, 11) is 3.94. The first-order chi connectivity index (χ1) is 11.6. The summed E-state index contributed by atoms with van der Waals surface area (Å²) in [6.45, 7) is 3.48. The third kappa shape index (κ3) is 3.73. The van der Waals surface area contributed by atoms with Gasteiger partial charge in [-0.15, -0.1) is 0 Å². The minimum Gasteiger partial charge on any atom is -0.392 e. The van der Waals surface area contributed by atoms with Gasteiger partial charge in [0.25, 0.3) is 5.91 Å². The third-order valence-corrected chi connectivity index (χ3v) is 5.31. The molecule has 0 aromatic heterocycles. The van der Waals surface area contributed by atoms with Crippen molar-refractivity contribution in [2.45, 2.75) is 37.8 Å². The Bertz CT molecular complexity index is 567. The van der Waals surface area contributed by atoms with Crippen LogP contribution in [0.2, 0.25) is 0 Å². The zero-order valence-electron chi connectivity index (χ0n) is 14.8. The Hall–Kier alpha value is -1.59. The maximum atomic E-state index is 12.9. The van der Waals surface area contributed by atoms with Crippen molar-refractivity contribution in [3.05, 3.63) is 29.8 Å². The molecule has 1 aromatic carbocycles. The Morgan fingerprint density at radius 2 is 1.83 bits per heavy atom. The largest absolute Gasteiger partial charge is 0.392 e. The SMILES string of the molecule is CN(C)c1ccccc1C(=O)N1CCC(N2CCCC(O)C2)CC1. The third-order valence-electron chi connectivity index (χ3n) is 5.31. The molecular formula is C19H29N3O2. The zero-order valence-corrected chi connectivity index (χ0v) is 14.8. The van der Waals surface area contributed by atoms with E-state index in [4.69, 9.17) is 0 Å². The van der Waals surface area contributed by atoms with Crippen LogP contribution in [0.5, 0.6) is 0 Å². The highest BCUT2D eigenvalue weighted by molar-refractivity contribution is 5.99. The molecule has 5 heteroatoms. The Labute approximate surface area is 144 Å². The van der Waals surface area contributed by atoms with Gasteiger partial charge in [0.1, 0.15) is 0 Å². The van der Waals surface area contributed by atoms with E-state index in [1.54, 1.807) is 0 Å². The van der Waals surface area contributed by atoms with Gasteiger partial charge in [-0.1, -0.05) is 12.1 Å². The number of hydrogen-bond acceptors (Lipinski definition) is 4. The molecule has 0 bridgehead atoms. The first-order valence-electron chi connectivity index (χ1n) is 9.04. The fourth-order valence-electron chi connectivity index (χ4n) is 3.96. The fraction of sp³-hybridized carbons (Fsp3) is 0.632. The average Bonchev–Trinajstić information content (AvgIpc) is 2.61. The number of likely N-dealkylation sites (tertiary alicyclic amines) is 2. The minimum atomic E-state index is -0.176. The quantitative estimate of drug-likeness (QED) is 0.918. The molecule has 1 amide bonds. The molecule has 2 aliphatic rings. The summed E-state index contributed by atoms with van der Waals surface area (Å²) in [6, 6.07) is 8.33. The van der Waals surface area contributed by atoms with Crippen LogP contribution in [0.3, 0.4) is 0 Å². The molecule has 0 radical (unpaired) electrons. The van der Waals surface area contributed by atoms with Gasteiger partial charge >= 0.3 is 0 Å². The van der Waals surface area contributed by atoms with Gasteiger partial charge in [-0.25, -0.2) is 0 Å². The van der Waals surface area contributed by atoms with E-state index in [0.29, 0.717) is 6.04 Å². The van der Waals surface area contributed by atoms with Crippen molar-refractivity contribution in [1.29, 1.82) is 0 Å². The molecule has 2 heterocycles. The molecule has 1 aromatic rings. The summed E-state index contributed by atoms with van der Waals surface area (Å²) in [4.78, 5) is 19.3. The highest BCUT2D eigenvalue weighted by atomic mass is 16.3. The molecule has 0 saturated carbocycles. The summed E-state index contributed by atoms with van der Waals surface area (Å²) in [5, 5.41) is 9.87. The average molecular weight is 331 g/mol. The Balaban J connectivity index is 1.61. The van der Waals surface area contributed by atoms with Gasteiger partial charge in [0.2, 0.25) is 0 Å². The second kappa shape index (κ2) is 7.53. The summed E-state index contributed by atoms with van der Waals surface area (Å²) >= 11 is 0. The summed E-state index contributed by atoms with van der Waals surface area (Å²) < 4.78 is 0. The highest BCUT2D eigenvalue weighted by Crippen LogP contribution is 2.25. The smallest absolute Gasteiger partial charge is 0.255 e. The predicted octanol–water partition coefficient (Wildman–Crippen LogP) is 1.81. The number of carbonyl (C=O) groups is 1.